The zero-order chi connectivity index (χ0) is 10.4. The van der Waals surface area contributed by atoms with Crippen LogP contribution in [0.4, 0.5) is 0 Å². The third kappa shape index (κ3) is 2.69. The van der Waals surface area contributed by atoms with Gasteiger partial charge in [-0.1, -0.05) is 44.6 Å². The van der Waals surface area contributed by atoms with Gasteiger partial charge in [0.2, 0.25) is 0 Å². The summed E-state index contributed by atoms with van der Waals surface area (Å²) < 4.78 is 0. The van der Waals surface area contributed by atoms with Crippen LogP contribution < -0.4 is 0 Å². The molecule has 0 radical (unpaired) electrons. The first kappa shape index (κ1) is 11.0. The quantitative estimate of drug-likeness (QED) is 0.472. The molecule has 0 spiro atoms. The Morgan fingerprint density at radius 3 is 2.71 bits per heavy atom. The van der Waals surface area contributed by atoms with Gasteiger partial charge in [-0.05, 0) is 30.5 Å². The average molecular weight is 189 g/mol. The summed E-state index contributed by atoms with van der Waals surface area (Å²) in [7, 11) is 0. The lowest BCUT2D eigenvalue weighted by molar-refractivity contribution is 0.487. The standard InChI is InChI=1S/C13H19N/c1-4-5-8-12(10-14-3)13-9-6-7-11(13)2/h4-5,8,10-11,13H,1,3,6-7,9H2,2H3/b8-5-,12-10-. The van der Waals surface area contributed by atoms with Gasteiger partial charge in [0, 0.05) is 6.20 Å². The first-order chi connectivity index (χ1) is 6.79. The fourth-order valence-corrected chi connectivity index (χ4v) is 2.19. The fourth-order valence-electron chi connectivity index (χ4n) is 2.19. The molecule has 0 saturated heterocycles. The summed E-state index contributed by atoms with van der Waals surface area (Å²) in [6.45, 7) is 9.51. The molecule has 0 aromatic heterocycles. The van der Waals surface area contributed by atoms with Crippen LogP contribution in [0.25, 0.3) is 0 Å². The van der Waals surface area contributed by atoms with Gasteiger partial charge in [0.1, 0.15) is 0 Å². The fraction of sp³-hybridized carbons (Fsp3) is 0.462. The number of allylic oxidation sites excluding steroid dienone is 4. The maximum absolute atomic E-state index is 3.87. The smallest absolute Gasteiger partial charge is 0.0295 e. The molecule has 1 fully saturated rings. The van der Waals surface area contributed by atoms with Crippen molar-refractivity contribution in [2.75, 3.05) is 0 Å². The number of aliphatic imine (C=N–C) groups is 1. The Morgan fingerprint density at radius 1 is 1.43 bits per heavy atom. The van der Waals surface area contributed by atoms with Crippen LogP contribution in [0.5, 0.6) is 0 Å². The molecule has 0 aliphatic heterocycles. The van der Waals surface area contributed by atoms with E-state index in [1.807, 2.05) is 12.3 Å². The summed E-state index contributed by atoms with van der Waals surface area (Å²) in [4.78, 5) is 3.87. The highest BCUT2D eigenvalue weighted by Crippen LogP contribution is 2.36. The number of rotatable bonds is 4. The second-order valence-electron chi connectivity index (χ2n) is 3.92. The Kier molecular flexibility index (Phi) is 4.37. The number of hydrogen-bond donors (Lipinski definition) is 0. The molecule has 0 amide bonds. The molecule has 14 heavy (non-hydrogen) atoms. The third-order valence-electron chi connectivity index (χ3n) is 2.95. The molecule has 1 rings (SSSR count). The molecule has 0 aromatic carbocycles. The highest BCUT2D eigenvalue weighted by molar-refractivity contribution is 5.31. The van der Waals surface area contributed by atoms with Crippen molar-refractivity contribution >= 4 is 6.72 Å². The van der Waals surface area contributed by atoms with Crippen molar-refractivity contribution in [2.24, 2.45) is 16.8 Å². The van der Waals surface area contributed by atoms with E-state index in [4.69, 9.17) is 0 Å². The van der Waals surface area contributed by atoms with Gasteiger partial charge < -0.3 is 0 Å². The summed E-state index contributed by atoms with van der Waals surface area (Å²) >= 11 is 0. The van der Waals surface area contributed by atoms with Crippen molar-refractivity contribution in [3.63, 3.8) is 0 Å². The predicted octanol–water partition coefficient (Wildman–Crippen LogP) is 3.75. The van der Waals surface area contributed by atoms with Crippen LogP contribution in [0.1, 0.15) is 26.2 Å². The molecule has 1 aliphatic carbocycles. The Hall–Kier alpha value is -1.11. The monoisotopic (exact) mass is 189 g/mol. The second kappa shape index (κ2) is 5.58. The maximum atomic E-state index is 3.87. The third-order valence-corrected chi connectivity index (χ3v) is 2.95. The van der Waals surface area contributed by atoms with Crippen LogP contribution >= 0.6 is 0 Å². The van der Waals surface area contributed by atoms with Crippen molar-refractivity contribution in [1.82, 2.24) is 0 Å². The Bertz CT molecular complexity index is 260. The lowest BCUT2D eigenvalue weighted by atomic mass is 9.90. The topological polar surface area (TPSA) is 12.4 Å². The van der Waals surface area contributed by atoms with E-state index in [9.17, 15) is 0 Å². The highest BCUT2D eigenvalue weighted by atomic mass is 14.6. The van der Waals surface area contributed by atoms with Crippen LogP contribution in [-0.4, -0.2) is 6.72 Å². The summed E-state index contributed by atoms with van der Waals surface area (Å²) in [5.41, 5.74) is 1.30. The summed E-state index contributed by atoms with van der Waals surface area (Å²) in [6.07, 6.45) is 11.7. The van der Waals surface area contributed by atoms with E-state index in [1.54, 1.807) is 6.08 Å². The molecule has 1 aliphatic rings. The molecule has 1 nitrogen and oxygen atoms in total. The van der Waals surface area contributed by atoms with Crippen LogP contribution in [0.15, 0.2) is 41.6 Å². The van der Waals surface area contributed by atoms with E-state index in [1.165, 1.54) is 24.8 Å². The van der Waals surface area contributed by atoms with E-state index in [0.29, 0.717) is 5.92 Å². The lowest BCUT2D eigenvalue weighted by Crippen LogP contribution is -2.05. The molecule has 2 unspecified atom stereocenters. The molecule has 0 N–H and O–H groups in total. The molecule has 0 aromatic rings. The van der Waals surface area contributed by atoms with E-state index < -0.39 is 0 Å². The molecule has 2 atom stereocenters. The SMILES string of the molecule is C=C/C=C\C(=C\N=C)C1CCCC1C. The van der Waals surface area contributed by atoms with Gasteiger partial charge in [0.25, 0.3) is 0 Å². The molecule has 1 saturated carbocycles. The molecular weight excluding hydrogens is 170 g/mol. The van der Waals surface area contributed by atoms with Crippen molar-refractivity contribution in [3.05, 3.63) is 36.6 Å². The van der Waals surface area contributed by atoms with Crippen LogP contribution in [0.2, 0.25) is 0 Å². The zero-order valence-electron chi connectivity index (χ0n) is 8.95. The van der Waals surface area contributed by atoms with Gasteiger partial charge in [-0.25, -0.2) is 0 Å². The molecule has 0 heterocycles. The largest absolute Gasteiger partial charge is 0.272 e. The highest BCUT2D eigenvalue weighted by Gasteiger charge is 2.25. The van der Waals surface area contributed by atoms with Gasteiger partial charge in [-0.3, -0.25) is 4.99 Å². The van der Waals surface area contributed by atoms with Crippen molar-refractivity contribution in [3.8, 4) is 0 Å². The van der Waals surface area contributed by atoms with E-state index in [2.05, 4.69) is 31.3 Å². The Morgan fingerprint density at radius 2 is 2.21 bits per heavy atom. The van der Waals surface area contributed by atoms with E-state index >= 15 is 0 Å². The minimum absolute atomic E-state index is 0.664. The normalized spacial score (nSPS) is 28.2. The summed E-state index contributed by atoms with van der Waals surface area (Å²) in [6, 6.07) is 0. The Balaban J connectivity index is 2.76. The van der Waals surface area contributed by atoms with Crippen LogP contribution in [0.3, 0.4) is 0 Å². The first-order valence-corrected chi connectivity index (χ1v) is 5.24. The van der Waals surface area contributed by atoms with Crippen molar-refractivity contribution in [1.29, 1.82) is 0 Å². The second-order valence-corrected chi connectivity index (χ2v) is 3.92. The van der Waals surface area contributed by atoms with Gasteiger partial charge in [0.15, 0.2) is 0 Å². The van der Waals surface area contributed by atoms with Crippen LogP contribution in [-0.2, 0) is 0 Å². The van der Waals surface area contributed by atoms with Gasteiger partial charge in [-0.2, -0.15) is 0 Å². The average Bonchev–Trinajstić information content (AvgIpc) is 2.59. The van der Waals surface area contributed by atoms with Gasteiger partial charge in [0.05, 0.1) is 0 Å². The van der Waals surface area contributed by atoms with Crippen molar-refractivity contribution in [2.45, 2.75) is 26.2 Å². The van der Waals surface area contributed by atoms with Gasteiger partial charge >= 0.3 is 0 Å². The first-order valence-electron chi connectivity index (χ1n) is 5.24. The minimum Gasteiger partial charge on any atom is -0.272 e. The maximum Gasteiger partial charge on any atom is 0.0295 e. The van der Waals surface area contributed by atoms with Gasteiger partial charge in [-0.15, -0.1) is 0 Å². The number of hydrogen-bond acceptors (Lipinski definition) is 1. The number of nitrogens with zero attached hydrogens (tertiary/aromatic N) is 1. The molecular formula is C13H19N. The minimum atomic E-state index is 0.664. The molecule has 76 valence electrons. The summed E-state index contributed by atoms with van der Waals surface area (Å²) in [5, 5.41) is 0. The van der Waals surface area contributed by atoms with E-state index in [-0.39, 0.29) is 0 Å². The Labute approximate surface area is 86.9 Å². The molecule has 0 bridgehead atoms. The predicted molar refractivity (Wildman–Crippen MR) is 63.5 cm³/mol. The summed E-state index contributed by atoms with van der Waals surface area (Å²) in [5.74, 6) is 1.44. The zero-order valence-corrected chi connectivity index (χ0v) is 8.95. The van der Waals surface area contributed by atoms with Crippen molar-refractivity contribution < 1.29 is 0 Å². The van der Waals surface area contributed by atoms with Crippen LogP contribution in [0, 0.1) is 11.8 Å². The van der Waals surface area contributed by atoms with E-state index in [0.717, 1.165) is 5.92 Å². The lowest BCUT2D eigenvalue weighted by Gasteiger charge is -2.15. The molecule has 1 heteroatoms.